The molecule has 1 aliphatic heterocycles. The second-order valence-electron chi connectivity index (χ2n) is 4.89. The lowest BCUT2D eigenvalue weighted by Crippen LogP contribution is -2.47. The fourth-order valence-electron chi connectivity index (χ4n) is 2.10. The molecule has 1 heterocycles. The molecule has 3 unspecified atom stereocenters. The van der Waals surface area contributed by atoms with Crippen LogP contribution in [-0.2, 0) is 14.3 Å². The molecule has 0 aromatic rings. The average molecular weight is 258 g/mol. The van der Waals surface area contributed by atoms with Crippen molar-refractivity contribution in [3.63, 3.8) is 0 Å². The van der Waals surface area contributed by atoms with Crippen molar-refractivity contribution in [2.45, 2.75) is 45.4 Å². The van der Waals surface area contributed by atoms with Crippen LogP contribution in [0.25, 0.3) is 0 Å². The van der Waals surface area contributed by atoms with Gasteiger partial charge in [0.05, 0.1) is 12.2 Å². The Labute approximate surface area is 107 Å². The van der Waals surface area contributed by atoms with Crippen LogP contribution in [0.2, 0.25) is 0 Å². The molecule has 0 spiro atoms. The van der Waals surface area contributed by atoms with Crippen LogP contribution in [0.1, 0.15) is 27.2 Å². The topological polar surface area (TPSA) is 78.9 Å². The Bertz CT molecular complexity index is 298. The largest absolute Gasteiger partial charge is 0.480 e. The zero-order chi connectivity index (χ0) is 13.7. The van der Waals surface area contributed by atoms with E-state index in [1.54, 1.807) is 0 Å². The van der Waals surface area contributed by atoms with Gasteiger partial charge in [0.25, 0.3) is 0 Å². The highest BCUT2D eigenvalue weighted by Crippen LogP contribution is 2.10. The number of amides is 1. The SMILES string of the molecule is CC1CN(CCC(=O)NC(C)C(=O)O)CC(C)O1. The number of carbonyl (C=O) groups excluding carboxylic acids is 1. The van der Waals surface area contributed by atoms with E-state index in [-0.39, 0.29) is 18.1 Å². The van der Waals surface area contributed by atoms with Gasteiger partial charge in [-0.05, 0) is 20.8 Å². The molecule has 104 valence electrons. The lowest BCUT2D eigenvalue weighted by atomic mass is 10.2. The number of aliphatic carboxylic acids is 1. The van der Waals surface area contributed by atoms with Crippen LogP contribution in [0.4, 0.5) is 0 Å². The van der Waals surface area contributed by atoms with Crippen molar-refractivity contribution in [2.75, 3.05) is 19.6 Å². The maximum Gasteiger partial charge on any atom is 0.325 e. The number of ether oxygens (including phenoxy) is 1. The average Bonchev–Trinajstić information content (AvgIpc) is 2.25. The second-order valence-corrected chi connectivity index (χ2v) is 4.89. The van der Waals surface area contributed by atoms with Crippen LogP contribution in [0.15, 0.2) is 0 Å². The summed E-state index contributed by atoms with van der Waals surface area (Å²) >= 11 is 0. The summed E-state index contributed by atoms with van der Waals surface area (Å²) < 4.78 is 5.60. The Morgan fingerprint density at radius 2 is 1.94 bits per heavy atom. The molecule has 18 heavy (non-hydrogen) atoms. The third-order valence-electron chi connectivity index (χ3n) is 2.90. The molecule has 0 aromatic carbocycles. The minimum Gasteiger partial charge on any atom is -0.480 e. The Morgan fingerprint density at radius 1 is 1.39 bits per heavy atom. The molecule has 0 saturated carbocycles. The van der Waals surface area contributed by atoms with Crippen molar-refractivity contribution < 1.29 is 19.4 Å². The Kier molecular flexibility index (Phi) is 5.55. The van der Waals surface area contributed by atoms with Crippen LogP contribution in [0, 0.1) is 0 Å². The molecular weight excluding hydrogens is 236 g/mol. The van der Waals surface area contributed by atoms with Gasteiger partial charge in [-0.1, -0.05) is 0 Å². The maximum absolute atomic E-state index is 11.5. The van der Waals surface area contributed by atoms with Gasteiger partial charge in [-0.3, -0.25) is 14.5 Å². The van der Waals surface area contributed by atoms with E-state index in [0.29, 0.717) is 13.0 Å². The predicted molar refractivity (Wildman–Crippen MR) is 66.3 cm³/mol. The number of carboxylic acids is 1. The van der Waals surface area contributed by atoms with Crippen LogP contribution < -0.4 is 5.32 Å². The molecule has 2 N–H and O–H groups in total. The highest BCUT2D eigenvalue weighted by atomic mass is 16.5. The highest BCUT2D eigenvalue weighted by Gasteiger charge is 2.22. The third kappa shape index (κ3) is 5.01. The zero-order valence-electron chi connectivity index (χ0n) is 11.2. The van der Waals surface area contributed by atoms with Crippen LogP contribution in [0.5, 0.6) is 0 Å². The lowest BCUT2D eigenvalue weighted by Gasteiger charge is -2.35. The number of carboxylic acid groups (broad SMARTS) is 1. The monoisotopic (exact) mass is 258 g/mol. The molecule has 3 atom stereocenters. The molecule has 1 aliphatic rings. The van der Waals surface area contributed by atoms with Crippen molar-refractivity contribution >= 4 is 11.9 Å². The van der Waals surface area contributed by atoms with Gasteiger partial charge in [-0.2, -0.15) is 0 Å². The maximum atomic E-state index is 11.5. The minimum atomic E-state index is -1.02. The standard InChI is InChI=1S/C12H22N2O4/c1-8-6-14(7-9(2)18-8)5-4-11(15)13-10(3)12(16)17/h8-10H,4-7H2,1-3H3,(H,13,15)(H,16,17). The minimum absolute atomic E-state index is 0.176. The summed E-state index contributed by atoms with van der Waals surface area (Å²) in [7, 11) is 0. The van der Waals surface area contributed by atoms with E-state index >= 15 is 0 Å². The first kappa shape index (κ1) is 14.9. The van der Waals surface area contributed by atoms with Crippen molar-refractivity contribution in [3.05, 3.63) is 0 Å². The fraction of sp³-hybridized carbons (Fsp3) is 0.833. The predicted octanol–water partition coefficient (Wildman–Crippen LogP) is 0.0750. The second kappa shape index (κ2) is 6.70. The zero-order valence-corrected chi connectivity index (χ0v) is 11.2. The number of nitrogens with one attached hydrogen (secondary N) is 1. The van der Waals surface area contributed by atoms with Gasteiger partial charge >= 0.3 is 5.97 Å². The summed E-state index contributed by atoms with van der Waals surface area (Å²) in [5.74, 6) is -1.24. The molecule has 1 saturated heterocycles. The summed E-state index contributed by atoms with van der Waals surface area (Å²) in [5, 5.41) is 11.1. The molecule has 0 bridgehead atoms. The molecule has 1 fully saturated rings. The number of rotatable bonds is 5. The quantitative estimate of drug-likeness (QED) is 0.730. The van der Waals surface area contributed by atoms with Crippen molar-refractivity contribution in [2.24, 2.45) is 0 Å². The van der Waals surface area contributed by atoms with Gasteiger partial charge in [-0.15, -0.1) is 0 Å². The smallest absolute Gasteiger partial charge is 0.325 e. The molecule has 1 amide bonds. The normalized spacial score (nSPS) is 26.6. The van der Waals surface area contributed by atoms with Gasteiger partial charge in [0, 0.05) is 26.1 Å². The van der Waals surface area contributed by atoms with Crippen molar-refractivity contribution in [1.29, 1.82) is 0 Å². The van der Waals surface area contributed by atoms with Gasteiger partial charge in [-0.25, -0.2) is 0 Å². The van der Waals surface area contributed by atoms with E-state index < -0.39 is 12.0 Å². The van der Waals surface area contributed by atoms with E-state index in [4.69, 9.17) is 9.84 Å². The van der Waals surface area contributed by atoms with E-state index in [0.717, 1.165) is 13.1 Å². The number of carbonyl (C=O) groups is 2. The Hall–Kier alpha value is -1.14. The molecule has 0 radical (unpaired) electrons. The summed E-state index contributed by atoms with van der Waals surface area (Å²) in [4.78, 5) is 24.3. The van der Waals surface area contributed by atoms with Crippen LogP contribution >= 0.6 is 0 Å². The van der Waals surface area contributed by atoms with Gasteiger partial charge in [0.2, 0.25) is 5.91 Å². The number of nitrogens with zero attached hydrogens (tertiary/aromatic N) is 1. The number of morpholine rings is 1. The van der Waals surface area contributed by atoms with E-state index in [2.05, 4.69) is 10.2 Å². The summed E-state index contributed by atoms with van der Waals surface area (Å²) in [6.45, 7) is 7.73. The lowest BCUT2D eigenvalue weighted by molar-refractivity contribution is -0.141. The summed E-state index contributed by atoms with van der Waals surface area (Å²) in [6, 6.07) is -0.833. The Morgan fingerprint density at radius 3 is 2.44 bits per heavy atom. The number of hydrogen-bond donors (Lipinski definition) is 2. The van der Waals surface area contributed by atoms with E-state index in [1.807, 2.05) is 13.8 Å². The first-order valence-electron chi connectivity index (χ1n) is 6.28. The van der Waals surface area contributed by atoms with Crippen LogP contribution in [0.3, 0.4) is 0 Å². The van der Waals surface area contributed by atoms with Crippen molar-refractivity contribution in [1.82, 2.24) is 10.2 Å². The first-order valence-corrected chi connectivity index (χ1v) is 6.28. The third-order valence-corrected chi connectivity index (χ3v) is 2.90. The van der Waals surface area contributed by atoms with Gasteiger partial charge < -0.3 is 15.2 Å². The van der Waals surface area contributed by atoms with Gasteiger partial charge in [0.15, 0.2) is 0 Å². The van der Waals surface area contributed by atoms with Crippen molar-refractivity contribution in [3.8, 4) is 0 Å². The van der Waals surface area contributed by atoms with E-state index in [9.17, 15) is 9.59 Å². The summed E-state index contributed by atoms with van der Waals surface area (Å²) in [6.07, 6.45) is 0.668. The fourth-order valence-corrected chi connectivity index (χ4v) is 2.10. The molecule has 0 aromatic heterocycles. The molecule has 6 nitrogen and oxygen atoms in total. The summed E-state index contributed by atoms with van der Waals surface area (Å²) in [5.41, 5.74) is 0. The first-order chi connectivity index (χ1) is 8.38. The van der Waals surface area contributed by atoms with Gasteiger partial charge in [0.1, 0.15) is 6.04 Å². The Balaban J connectivity index is 2.27. The van der Waals surface area contributed by atoms with E-state index in [1.165, 1.54) is 6.92 Å². The molecule has 0 aliphatic carbocycles. The van der Waals surface area contributed by atoms with Crippen LogP contribution in [-0.4, -0.2) is 59.8 Å². The highest BCUT2D eigenvalue weighted by molar-refractivity contribution is 5.83. The molecule has 1 rings (SSSR count). The number of hydrogen-bond acceptors (Lipinski definition) is 4. The molecule has 6 heteroatoms. The molecular formula is C12H22N2O4.